The quantitative estimate of drug-likeness (QED) is 0.442. The van der Waals surface area contributed by atoms with Crippen LogP contribution in [-0.4, -0.2) is 24.8 Å². The van der Waals surface area contributed by atoms with E-state index in [0.717, 1.165) is 28.1 Å². The molecule has 0 saturated heterocycles. The number of nitrogens with zero attached hydrogens (tertiary/aromatic N) is 1. The van der Waals surface area contributed by atoms with Crippen molar-refractivity contribution in [2.24, 2.45) is 0 Å². The number of methoxy groups -OCH3 is 1. The first-order chi connectivity index (χ1) is 16.8. The van der Waals surface area contributed by atoms with Crippen molar-refractivity contribution in [1.29, 1.82) is 0 Å². The van der Waals surface area contributed by atoms with Gasteiger partial charge in [0.25, 0.3) is 17.7 Å². The molecule has 35 heavy (non-hydrogen) atoms. The number of nitrogens with one attached hydrogen (secondary N) is 2. The number of rotatable bonds is 7. The average molecular weight is 490 g/mol. The number of hydrogen-bond donors (Lipinski definition) is 2. The van der Waals surface area contributed by atoms with Crippen LogP contribution in [0.25, 0.3) is 0 Å². The topological polar surface area (TPSA) is 87.7 Å². The monoisotopic (exact) mass is 489 g/mol. The normalized spacial score (nSPS) is 13.3. The molecule has 0 saturated carbocycles. The molecule has 7 nitrogen and oxygen atoms in total. The number of aryl methyl sites for hydroxylation is 2. The minimum Gasteiger partial charge on any atom is -0.495 e. The Morgan fingerprint density at radius 2 is 1.77 bits per heavy atom. The maximum Gasteiger partial charge on any atom is 0.283 e. The Morgan fingerprint density at radius 3 is 2.51 bits per heavy atom. The standard InChI is InChI=1S/C27H24ClN3O4/c1-4-17-8-5-6-11-20(17)30-25(32)18-9-7-10-19(15-18)29-24-23(28)26(33)31(27(24)34)21-14-16(2)12-13-22(21)35-3/h5-15,29H,4H2,1-3H3,(H,30,32). The third kappa shape index (κ3) is 4.76. The lowest BCUT2D eigenvalue weighted by Crippen LogP contribution is -2.32. The maximum absolute atomic E-state index is 13.2. The summed E-state index contributed by atoms with van der Waals surface area (Å²) in [5.41, 5.74) is 3.66. The van der Waals surface area contributed by atoms with Crippen LogP contribution in [0.4, 0.5) is 17.1 Å². The van der Waals surface area contributed by atoms with E-state index in [0.29, 0.717) is 22.7 Å². The van der Waals surface area contributed by atoms with Gasteiger partial charge in [-0.25, -0.2) is 4.90 Å². The van der Waals surface area contributed by atoms with Crippen molar-refractivity contribution in [3.05, 3.63) is 94.1 Å². The van der Waals surface area contributed by atoms with Crippen LogP contribution in [0.3, 0.4) is 0 Å². The molecule has 1 heterocycles. The predicted octanol–water partition coefficient (Wildman–Crippen LogP) is 5.25. The molecule has 1 aliphatic heterocycles. The van der Waals surface area contributed by atoms with Crippen LogP contribution in [0.15, 0.2) is 77.5 Å². The molecule has 0 aliphatic carbocycles. The van der Waals surface area contributed by atoms with Gasteiger partial charge in [0.2, 0.25) is 0 Å². The Hall–Kier alpha value is -4.10. The van der Waals surface area contributed by atoms with Gasteiger partial charge in [-0.05, 0) is 60.9 Å². The van der Waals surface area contributed by atoms with Crippen molar-refractivity contribution in [2.75, 3.05) is 22.6 Å². The highest BCUT2D eigenvalue weighted by molar-refractivity contribution is 6.53. The Balaban J connectivity index is 1.57. The zero-order valence-corrected chi connectivity index (χ0v) is 20.3. The van der Waals surface area contributed by atoms with E-state index in [9.17, 15) is 14.4 Å². The van der Waals surface area contributed by atoms with Gasteiger partial charge in [-0.1, -0.05) is 48.9 Å². The Kier molecular flexibility index (Phi) is 6.89. The highest BCUT2D eigenvalue weighted by atomic mass is 35.5. The number of halogens is 1. The summed E-state index contributed by atoms with van der Waals surface area (Å²) in [6, 6.07) is 19.4. The SMILES string of the molecule is CCc1ccccc1NC(=O)c1cccc(NC2=C(Cl)C(=O)N(c3cc(C)ccc3OC)C2=O)c1. The van der Waals surface area contributed by atoms with Gasteiger partial charge in [-0.2, -0.15) is 0 Å². The fourth-order valence-corrected chi connectivity index (χ4v) is 4.05. The maximum atomic E-state index is 13.2. The number of amides is 3. The van der Waals surface area contributed by atoms with Gasteiger partial charge < -0.3 is 15.4 Å². The van der Waals surface area contributed by atoms with Crippen LogP contribution in [0.1, 0.15) is 28.4 Å². The molecule has 178 valence electrons. The number of para-hydroxylation sites is 1. The molecule has 2 N–H and O–H groups in total. The van der Waals surface area contributed by atoms with Crippen molar-refractivity contribution in [3.8, 4) is 5.75 Å². The summed E-state index contributed by atoms with van der Waals surface area (Å²) >= 11 is 6.28. The lowest BCUT2D eigenvalue weighted by atomic mass is 10.1. The summed E-state index contributed by atoms with van der Waals surface area (Å²) in [7, 11) is 1.46. The van der Waals surface area contributed by atoms with Crippen LogP contribution < -0.4 is 20.3 Å². The Labute approximate surface area is 208 Å². The molecule has 8 heteroatoms. The molecule has 0 spiro atoms. The van der Waals surface area contributed by atoms with E-state index in [1.807, 2.05) is 44.2 Å². The zero-order chi connectivity index (χ0) is 25.1. The minimum atomic E-state index is -0.659. The fourth-order valence-electron chi connectivity index (χ4n) is 3.83. The number of carbonyl (C=O) groups excluding carboxylic acids is 3. The van der Waals surface area contributed by atoms with Crippen LogP contribution >= 0.6 is 11.6 Å². The van der Waals surface area contributed by atoms with Crippen LogP contribution in [0.5, 0.6) is 5.75 Å². The molecule has 0 aromatic heterocycles. The van der Waals surface area contributed by atoms with Crippen molar-refractivity contribution in [1.82, 2.24) is 0 Å². The summed E-state index contributed by atoms with van der Waals surface area (Å²) in [5, 5.41) is 5.60. The number of anilines is 3. The molecular weight excluding hydrogens is 466 g/mol. The molecule has 3 amide bonds. The third-order valence-electron chi connectivity index (χ3n) is 5.64. The molecule has 0 radical (unpaired) electrons. The molecule has 0 bridgehead atoms. The average Bonchev–Trinajstić information content (AvgIpc) is 3.07. The van der Waals surface area contributed by atoms with Gasteiger partial charge in [0.05, 0.1) is 12.8 Å². The zero-order valence-electron chi connectivity index (χ0n) is 19.5. The van der Waals surface area contributed by atoms with Crippen LogP contribution in [0.2, 0.25) is 0 Å². The number of benzene rings is 3. The molecule has 3 aromatic rings. The second-order valence-corrected chi connectivity index (χ2v) is 8.36. The van der Waals surface area contributed by atoms with E-state index in [1.165, 1.54) is 7.11 Å². The Morgan fingerprint density at radius 1 is 1.00 bits per heavy atom. The molecular formula is C27H24ClN3O4. The first-order valence-corrected chi connectivity index (χ1v) is 11.4. The second-order valence-electron chi connectivity index (χ2n) is 7.98. The lowest BCUT2D eigenvalue weighted by molar-refractivity contribution is -0.120. The smallest absolute Gasteiger partial charge is 0.283 e. The first-order valence-electron chi connectivity index (χ1n) is 11.0. The van der Waals surface area contributed by atoms with Gasteiger partial charge in [0, 0.05) is 16.9 Å². The second kappa shape index (κ2) is 10.0. The number of hydrogen-bond acceptors (Lipinski definition) is 5. The van der Waals surface area contributed by atoms with Crippen molar-refractivity contribution in [2.45, 2.75) is 20.3 Å². The molecule has 1 aliphatic rings. The van der Waals surface area contributed by atoms with Crippen molar-refractivity contribution >= 4 is 46.4 Å². The number of ether oxygens (including phenoxy) is 1. The van der Waals surface area contributed by atoms with Crippen molar-refractivity contribution in [3.63, 3.8) is 0 Å². The number of carbonyl (C=O) groups is 3. The molecule has 0 atom stereocenters. The first kappa shape index (κ1) is 24.0. The van der Waals surface area contributed by atoms with E-state index in [2.05, 4.69) is 10.6 Å². The lowest BCUT2D eigenvalue weighted by Gasteiger charge is -2.18. The Bertz CT molecular complexity index is 1370. The number of imide groups is 1. The largest absolute Gasteiger partial charge is 0.495 e. The van der Waals surface area contributed by atoms with E-state index in [1.54, 1.807) is 36.4 Å². The fraction of sp³-hybridized carbons (Fsp3) is 0.148. The minimum absolute atomic E-state index is 0.0749. The predicted molar refractivity (Wildman–Crippen MR) is 137 cm³/mol. The summed E-state index contributed by atoms with van der Waals surface area (Å²) in [6.07, 6.45) is 0.781. The summed E-state index contributed by atoms with van der Waals surface area (Å²) in [4.78, 5) is 39.9. The summed E-state index contributed by atoms with van der Waals surface area (Å²) in [6.45, 7) is 3.86. The molecule has 0 fully saturated rings. The van der Waals surface area contributed by atoms with Gasteiger partial charge in [0.1, 0.15) is 16.5 Å². The van der Waals surface area contributed by atoms with E-state index in [4.69, 9.17) is 16.3 Å². The van der Waals surface area contributed by atoms with Crippen molar-refractivity contribution < 1.29 is 19.1 Å². The highest BCUT2D eigenvalue weighted by Crippen LogP contribution is 2.36. The van der Waals surface area contributed by atoms with Crippen LogP contribution in [-0.2, 0) is 16.0 Å². The van der Waals surface area contributed by atoms with E-state index >= 15 is 0 Å². The van der Waals surface area contributed by atoms with Gasteiger partial charge in [-0.15, -0.1) is 0 Å². The van der Waals surface area contributed by atoms with Gasteiger partial charge in [-0.3, -0.25) is 14.4 Å². The van der Waals surface area contributed by atoms with Crippen LogP contribution in [0, 0.1) is 6.92 Å². The summed E-state index contributed by atoms with van der Waals surface area (Å²) < 4.78 is 5.33. The molecule has 4 rings (SSSR count). The molecule has 0 unspecified atom stereocenters. The third-order valence-corrected chi connectivity index (χ3v) is 5.99. The van der Waals surface area contributed by atoms with Gasteiger partial charge in [0.15, 0.2) is 0 Å². The molecule has 3 aromatic carbocycles. The summed E-state index contributed by atoms with van der Waals surface area (Å²) in [5.74, 6) is -1.20. The van der Waals surface area contributed by atoms with E-state index < -0.39 is 11.8 Å². The highest BCUT2D eigenvalue weighted by Gasteiger charge is 2.40. The van der Waals surface area contributed by atoms with E-state index in [-0.39, 0.29) is 16.6 Å². The van der Waals surface area contributed by atoms with Gasteiger partial charge >= 0.3 is 0 Å².